The van der Waals surface area contributed by atoms with Crippen molar-refractivity contribution in [3.05, 3.63) is 54.1 Å². The number of ether oxygens (including phenoxy) is 2. The largest absolute Gasteiger partial charge is 0.497 e. The summed E-state index contributed by atoms with van der Waals surface area (Å²) >= 11 is 0. The lowest BCUT2D eigenvalue weighted by Gasteiger charge is -2.31. The Bertz CT molecular complexity index is 947. The lowest BCUT2D eigenvalue weighted by atomic mass is 9.98. The smallest absolute Gasteiger partial charge is 0.243 e. The Labute approximate surface area is 171 Å². The summed E-state index contributed by atoms with van der Waals surface area (Å²) in [6.45, 7) is 0.879. The van der Waals surface area contributed by atoms with Crippen LogP contribution in [0.15, 0.2) is 53.4 Å². The van der Waals surface area contributed by atoms with Gasteiger partial charge in [-0.2, -0.15) is 4.31 Å². The molecular formula is C21H26N2O5S. The molecule has 0 radical (unpaired) electrons. The molecule has 156 valence electrons. The van der Waals surface area contributed by atoms with Gasteiger partial charge >= 0.3 is 0 Å². The van der Waals surface area contributed by atoms with Crippen molar-refractivity contribution in [1.29, 1.82) is 0 Å². The van der Waals surface area contributed by atoms with E-state index >= 15 is 0 Å². The number of nitrogens with one attached hydrogen (secondary N) is 1. The van der Waals surface area contributed by atoms with E-state index in [2.05, 4.69) is 5.32 Å². The quantitative estimate of drug-likeness (QED) is 0.747. The highest BCUT2D eigenvalue weighted by molar-refractivity contribution is 7.89. The summed E-state index contributed by atoms with van der Waals surface area (Å²) in [5.41, 5.74) is 0.796. The molecular weight excluding hydrogens is 392 g/mol. The Morgan fingerprint density at radius 3 is 2.59 bits per heavy atom. The number of nitrogens with zero attached hydrogens (tertiary/aromatic N) is 1. The zero-order valence-corrected chi connectivity index (χ0v) is 17.4. The number of methoxy groups -OCH3 is 2. The standard InChI is InChI=1S/C21H26N2O5S/c1-27-18-10-11-20(28-2)17(13-18)14-22-21(24)16-7-6-12-23(15-16)29(25,26)19-8-4-3-5-9-19/h3-5,8-11,13,16H,6-7,12,14-15H2,1-2H3,(H,22,24). The molecule has 2 aromatic rings. The highest BCUT2D eigenvalue weighted by atomic mass is 32.2. The van der Waals surface area contributed by atoms with Crippen molar-refractivity contribution in [2.45, 2.75) is 24.3 Å². The predicted molar refractivity (Wildman–Crippen MR) is 109 cm³/mol. The lowest BCUT2D eigenvalue weighted by Crippen LogP contribution is -2.45. The number of amides is 1. The summed E-state index contributed by atoms with van der Waals surface area (Å²) in [7, 11) is -0.451. The second-order valence-corrected chi connectivity index (χ2v) is 8.85. The molecule has 1 N–H and O–H groups in total. The van der Waals surface area contributed by atoms with Gasteiger partial charge in [-0.25, -0.2) is 8.42 Å². The summed E-state index contributed by atoms with van der Waals surface area (Å²) in [6, 6.07) is 13.7. The molecule has 1 aliphatic heterocycles. The van der Waals surface area contributed by atoms with Crippen LogP contribution in [-0.2, 0) is 21.4 Å². The van der Waals surface area contributed by atoms with Crippen LogP contribution in [0.5, 0.6) is 11.5 Å². The Hall–Kier alpha value is -2.58. The maximum atomic E-state index is 12.9. The van der Waals surface area contributed by atoms with Gasteiger partial charge < -0.3 is 14.8 Å². The van der Waals surface area contributed by atoms with Gasteiger partial charge in [-0.05, 0) is 43.2 Å². The van der Waals surface area contributed by atoms with E-state index < -0.39 is 10.0 Å². The van der Waals surface area contributed by atoms with Crippen molar-refractivity contribution < 1.29 is 22.7 Å². The first-order chi connectivity index (χ1) is 14.0. The Morgan fingerprint density at radius 1 is 1.14 bits per heavy atom. The van der Waals surface area contributed by atoms with Crippen LogP contribution in [0, 0.1) is 5.92 Å². The molecule has 7 nitrogen and oxygen atoms in total. The molecule has 1 aliphatic rings. The first-order valence-corrected chi connectivity index (χ1v) is 10.9. The minimum absolute atomic E-state index is 0.164. The zero-order chi connectivity index (χ0) is 20.9. The molecule has 29 heavy (non-hydrogen) atoms. The number of hydrogen-bond donors (Lipinski definition) is 1. The molecule has 3 rings (SSSR count). The van der Waals surface area contributed by atoms with Crippen LogP contribution in [0.4, 0.5) is 0 Å². The van der Waals surface area contributed by atoms with Gasteiger partial charge in [0.25, 0.3) is 0 Å². The molecule has 0 spiro atoms. The third-order valence-electron chi connectivity index (χ3n) is 5.08. The van der Waals surface area contributed by atoms with Crippen LogP contribution in [0.3, 0.4) is 0 Å². The molecule has 1 atom stereocenters. The van der Waals surface area contributed by atoms with Gasteiger partial charge in [0.15, 0.2) is 0 Å². The van der Waals surface area contributed by atoms with Gasteiger partial charge in [0.05, 0.1) is 25.0 Å². The van der Waals surface area contributed by atoms with Crippen molar-refractivity contribution in [2.75, 3.05) is 27.3 Å². The maximum absolute atomic E-state index is 12.9. The van der Waals surface area contributed by atoms with E-state index in [1.54, 1.807) is 56.7 Å². The number of rotatable bonds is 7. The van der Waals surface area contributed by atoms with E-state index in [-0.39, 0.29) is 29.8 Å². The third-order valence-corrected chi connectivity index (χ3v) is 6.96. The topological polar surface area (TPSA) is 84.9 Å². The average Bonchev–Trinajstić information content (AvgIpc) is 2.77. The second kappa shape index (κ2) is 9.28. The Kier molecular flexibility index (Phi) is 6.76. The van der Waals surface area contributed by atoms with E-state index in [1.165, 1.54) is 4.31 Å². The summed E-state index contributed by atoms with van der Waals surface area (Å²) in [6.07, 6.45) is 1.30. The van der Waals surface area contributed by atoms with Crippen molar-refractivity contribution in [1.82, 2.24) is 9.62 Å². The molecule has 1 fully saturated rings. The van der Waals surface area contributed by atoms with Gasteiger partial charge in [-0.15, -0.1) is 0 Å². The van der Waals surface area contributed by atoms with E-state index in [0.717, 1.165) is 5.56 Å². The van der Waals surface area contributed by atoms with Gasteiger partial charge in [0.1, 0.15) is 11.5 Å². The highest BCUT2D eigenvalue weighted by Gasteiger charge is 2.33. The predicted octanol–water partition coefficient (Wildman–Crippen LogP) is 2.42. The number of carbonyl (C=O) groups excluding carboxylic acids is 1. The van der Waals surface area contributed by atoms with Crippen LogP contribution in [0.2, 0.25) is 0 Å². The first-order valence-electron chi connectivity index (χ1n) is 9.49. The lowest BCUT2D eigenvalue weighted by molar-refractivity contribution is -0.126. The normalized spacial score (nSPS) is 17.5. The monoisotopic (exact) mass is 418 g/mol. The minimum atomic E-state index is -3.60. The average molecular weight is 419 g/mol. The molecule has 0 bridgehead atoms. The van der Waals surface area contributed by atoms with E-state index in [4.69, 9.17) is 9.47 Å². The number of sulfonamides is 1. The molecule has 2 aromatic carbocycles. The van der Waals surface area contributed by atoms with Crippen molar-refractivity contribution in [2.24, 2.45) is 5.92 Å². The molecule has 8 heteroatoms. The summed E-state index contributed by atoms with van der Waals surface area (Å²) in [4.78, 5) is 13.0. The number of carbonyl (C=O) groups is 1. The highest BCUT2D eigenvalue weighted by Crippen LogP contribution is 2.26. The van der Waals surface area contributed by atoms with Crippen LogP contribution in [-0.4, -0.2) is 45.9 Å². The molecule has 0 saturated carbocycles. The molecule has 1 unspecified atom stereocenters. The first kappa shape index (κ1) is 21.1. The Morgan fingerprint density at radius 2 is 1.90 bits per heavy atom. The van der Waals surface area contributed by atoms with Crippen LogP contribution < -0.4 is 14.8 Å². The van der Waals surface area contributed by atoms with Gasteiger partial charge in [0.2, 0.25) is 15.9 Å². The SMILES string of the molecule is COc1ccc(OC)c(CNC(=O)C2CCCN(S(=O)(=O)c3ccccc3)C2)c1. The third kappa shape index (κ3) is 4.89. The molecule has 1 saturated heterocycles. The molecule has 1 heterocycles. The van der Waals surface area contributed by atoms with E-state index in [9.17, 15) is 13.2 Å². The maximum Gasteiger partial charge on any atom is 0.243 e. The number of benzene rings is 2. The fourth-order valence-electron chi connectivity index (χ4n) is 3.46. The van der Waals surface area contributed by atoms with Crippen molar-refractivity contribution >= 4 is 15.9 Å². The summed E-state index contributed by atoms with van der Waals surface area (Å²) < 4.78 is 37.7. The van der Waals surface area contributed by atoms with Gasteiger partial charge in [-0.3, -0.25) is 4.79 Å². The van der Waals surface area contributed by atoms with Gasteiger partial charge in [-0.1, -0.05) is 18.2 Å². The molecule has 0 aliphatic carbocycles. The van der Waals surface area contributed by atoms with Crippen LogP contribution in [0.1, 0.15) is 18.4 Å². The fourth-order valence-corrected chi connectivity index (χ4v) is 5.01. The van der Waals surface area contributed by atoms with Gasteiger partial charge in [0, 0.05) is 25.2 Å². The number of piperidine rings is 1. The molecule has 1 amide bonds. The van der Waals surface area contributed by atoms with E-state index in [0.29, 0.717) is 30.9 Å². The van der Waals surface area contributed by atoms with Crippen LogP contribution in [0.25, 0.3) is 0 Å². The minimum Gasteiger partial charge on any atom is -0.497 e. The zero-order valence-electron chi connectivity index (χ0n) is 16.6. The Balaban J connectivity index is 1.66. The second-order valence-electron chi connectivity index (χ2n) is 6.91. The number of hydrogen-bond acceptors (Lipinski definition) is 5. The summed E-state index contributed by atoms with van der Waals surface area (Å²) in [5.74, 6) is 0.776. The van der Waals surface area contributed by atoms with Crippen molar-refractivity contribution in [3.8, 4) is 11.5 Å². The van der Waals surface area contributed by atoms with E-state index in [1.807, 2.05) is 6.07 Å². The molecule has 0 aromatic heterocycles. The van der Waals surface area contributed by atoms with Crippen LogP contribution >= 0.6 is 0 Å². The fraction of sp³-hybridized carbons (Fsp3) is 0.381. The summed E-state index contributed by atoms with van der Waals surface area (Å²) in [5, 5.41) is 2.91. The van der Waals surface area contributed by atoms with Crippen molar-refractivity contribution in [3.63, 3.8) is 0 Å².